The molecule has 6 aromatic heterocycles. The van der Waals surface area contributed by atoms with Crippen molar-refractivity contribution in [1.29, 1.82) is 0 Å². The summed E-state index contributed by atoms with van der Waals surface area (Å²) >= 11 is 8.36. The summed E-state index contributed by atoms with van der Waals surface area (Å²) < 4.78 is 35.9. The van der Waals surface area contributed by atoms with Crippen LogP contribution in [0.1, 0.15) is 68.6 Å². The monoisotopic (exact) mass is 1390 g/mol. The molecule has 0 spiro atoms. The van der Waals surface area contributed by atoms with Crippen molar-refractivity contribution in [2.75, 3.05) is 46.5 Å². The van der Waals surface area contributed by atoms with Gasteiger partial charge in [0.15, 0.2) is 32.9 Å². The molecule has 0 fully saturated rings. The average molecular weight is 1390 g/mol. The van der Waals surface area contributed by atoms with E-state index in [1.807, 2.05) is 157 Å². The minimum atomic E-state index is -3.39. The van der Waals surface area contributed by atoms with E-state index in [0.717, 1.165) is 77.6 Å². The van der Waals surface area contributed by atoms with Crippen molar-refractivity contribution in [3.05, 3.63) is 243 Å². The molecule has 3 amide bonds. The second-order valence-electron chi connectivity index (χ2n) is 20.3. The molecule has 95 heavy (non-hydrogen) atoms. The SMILES string of the molecule is CC.CC.CC(Sc1nnc(-c2ccsc2)n1C(C)c1ccccc1)C(=O)Nc1ccccc1.CN(C)c1ccc(Cn2c(SCC(=O)Nc3ccccc3)nnc2-c2ccsc2)cc1.O=C(CSc1nnc(-c2ccsc2)n1C(F)(F)c1ccccc1)Nc1ccccc1.[HH].[HH].[HH]. The van der Waals surface area contributed by atoms with E-state index in [2.05, 4.69) is 115 Å². The number of halogens is 2. The predicted molar refractivity (Wildman–Crippen MR) is 397 cm³/mol. The number of para-hydroxylation sites is 3. The lowest BCUT2D eigenvalue weighted by Crippen LogP contribution is -2.26. The Bertz CT molecular complexity index is 4220. The van der Waals surface area contributed by atoms with Gasteiger partial charge in [-0.05, 0) is 108 Å². The van der Waals surface area contributed by atoms with E-state index in [-0.39, 0.29) is 61.3 Å². The Morgan fingerprint density at radius 2 is 0.937 bits per heavy atom. The van der Waals surface area contributed by atoms with Crippen molar-refractivity contribution in [2.45, 2.75) is 80.9 Å². The molecule has 0 saturated carbocycles. The molecule has 2 atom stereocenters. The van der Waals surface area contributed by atoms with E-state index in [0.29, 0.717) is 17.8 Å². The maximum atomic E-state index is 15.5. The number of nitrogens with zero attached hydrogens (tertiary/aromatic N) is 10. The Hall–Kier alpha value is -9.04. The van der Waals surface area contributed by atoms with Crippen molar-refractivity contribution in [1.82, 2.24) is 44.3 Å². The number of amides is 3. The molecule has 16 nitrogen and oxygen atoms in total. The zero-order valence-electron chi connectivity index (χ0n) is 53.6. The van der Waals surface area contributed by atoms with Gasteiger partial charge >= 0.3 is 6.05 Å². The molecule has 0 saturated heterocycles. The van der Waals surface area contributed by atoms with Gasteiger partial charge in [-0.3, -0.25) is 23.5 Å². The highest BCUT2D eigenvalue weighted by Gasteiger charge is 2.40. The summed E-state index contributed by atoms with van der Waals surface area (Å²) in [6, 6.07) is 56.5. The first-order chi connectivity index (χ1) is 46.3. The zero-order valence-corrected chi connectivity index (χ0v) is 58.5. The predicted octanol–water partition coefficient (Wildman–Crippen LogP) is 18.7. The maximum Gasteiger partial charge on any atom is 0.359 e. The van der Waals surface area contributed by atoms with E-state index >= 15 is 8.78 Å². The summed E-state index contributed by atoms with van der Waals surface area (Å²) in [6.07, 6.45) is 0. The van der Waals surface area contributed by atoms with Crippen molar-refractivity contribution in [2.24, 2.45) is 0 Å². The minimum absolute atomic E-state index is 0. The number of carbonyl (C=O) groups is 3. The van der Waals surface area contributed by atoms with Gasteiger partial charge in [0.05, 0.1) is 29.3 Å². The molecule has 0 aliphatic carbocycles. The van der Waals surface area contributed by atoms with Crippen molar-refractivity contribution >= 4 is 110 Å². The third-order valence-electron chi connectivity index (χ3n) is 13.7. The normalized spacial score (nSPS) is 11.3. The number of hydrogen-bond acceptors (Lipinski definition) is 16. The number of aromatic nitrogens is 9. The standard InChI is InChI=1S/C23H23N5OS2.C23H22N4OS2.C21H16F2N4OS2.2C2H6.3H2/c1-27(2)20-10-8-17(9-11-20)14-28-22(18-12-13-30-15-18)25-26-23(28)31-16-21(29)24-19-6-4-3-5-7-19;1-16(18-9-5-3-6-10-18)27-21(19-13-14-29-15-19)25-26-23(27)30-17(2)22(28)24-20-11-7-4-8-12-20;22-21(23,16-7-3-1-4-8-16)27-19(15-11-12-29-13-15)25-26-20(27)30-14-18(28)24-17-9-5-2-6-10-17;2*1-2;;;/h3-13,15H,14,16H2,1-2H3,(H,24,29);3-17H,1-2H3,(H,24,28);1-13H,14H2,(H,24,28);2*1-2H3;3*1H. The molecule has 0 radical (unpaired) electrons. The number of anilines is 4. The summed E-state index contributed by atoms with van der Waals surface area (Å²) in [4.78, 5) is 39.5. The van der Waals surface area contributed by atoms with Crippen LogP contribution in [0.2, 0.25) is 0 Å². The first kappa shape index (κ1) is 71.8. The smallest absolute Gasteiger partial charge is 0.359 e. The molecule has 12 rings (SSSR count). The van der Waals surface area contributed by atoms with Crippen LogP contribution in [-0.4, -0.2) is 92.9 Å². The minimum Gasteiger partial charge on any atom is -0.378 e. The van der Waals surface area contributed by atoms with E-state index < -0.39 is 6.05 Å². The molecule has 0 aliphatic heterocycles. The van der Waals surface area contributed by atoms with Gasteiger partial charge in [0.25, 0.3) is 0 Å². The van der Waals surface area contributed by atoms with E-state index in [9.17, 15) is 14.4 Å². The highest BCUT2D eigenvalue weighted by atomic mass is 32.2. The first-order valence-corrected chi connectivity index (χ1v) is 36.1. The quantitative estimate of drug-likeness (QED) is 0.0546. The van der Waals surface area contributed by atoms with Crippen LogP contribution in [0.25, 0.3) is 34.2 Å². The topological polar surface area (TPSA) is 183 Å². The Morgan fingerprint density at radius 3 is 1.43 bits per heavy atom. The number of rotatable bonds is 22. The maximum absolute atomic E-state index is 15.5. The number of hydrogen-bond donors (Lipinski definition) is 3. The summed E-state index contributed by atoms with van der Waals surface area (Å²) in [6.45, 7) is 12.7. The van der Waals surface area contributed by atoms with Crippen LogP contribution in [-0.2, 0) is 27.0 Å². The van der Waals surface area contributed by atoms with Gasteiger partial charge in [0.2, 0.25) is 17.7 Å². The van der Waals surface area contributed by atoms with Crippen LogP contribution in [0, 0.1) is 0 Å². The molecule has 496 valence electrons. The number of thiophene rings is 3. The highest BCUT2D eigenvalue weighted by molar-refractivity contribution is 8.00. The van der Waals surface area contributed by atoms with Gasteiger partial charge < -0.3 is 20.9 Å². The molecule has 6 aromatic carbocycles. The van der Waals surface area contributed by atoms with Crippen LogP contribution in [0.15, 0.2) is 242 Å². The van der Waals surface area contributed by atoms with Crippen LogP contribution < -0.4 is 20.9 Å². The van der Waals surface area contributed by atoms with Gasteiger partial charge in [-0.2, -0.15) is 42.8 Å². The highest BCUT2D eigenvalue weighted by Crippen LogP contribution is 2.39. The number of thioether (sulfide) groups is 3. The molecule has 12 aromatic rings. The van der Waals surface area contributed by atoms with Gasteiger partial charge in [0.1, 0.15) is 0 Å². The first-order valence-electron chi connectivity index (χ1n) is 30.4. The summed E-state index contributed by atoms with van der Waals surface area (Å²) in [5, 5.41) is 47.1. The Kier molecular flexibility index (Phi) is 27.6. The van der Waals surface area contributed by atoms with E-state index in [1.165, 1.54) is 47.0 Å². The molecular formula is C71H79F2N13O3S6. The lowest BCUT2D eigenvalue weighted by atomic mass is 10.1. The fourth-order valence-electron chi connectivity index (χ4n) is 9.04. The third-order valence-corrected chi connectivity index (χ3v) is 18.7. The van der Waals surface area contributed by atoms with Crippen molar-refractivity contribution < 1.29 is 27.4 Å². The van der Waals surface area contributed by atoms with Gasteiger partial charge in [-0.25, -0.2) is 4.57 Å². The molecule has 0 aliphatic rings. The Morgan fingerprint density at radius 1 is 0.516 bits per heavy atom. The third kappa shape index (κ3) is 20.0. The molecular weight excluding hydrogens is 1310 g/mol. The van der Waals surface area contributed by atoms with E-state index in [1.54, 1.807) is 82.0 Å². The molecule has 0 bridgehead atoms. The molecule has 3 N–H and O–H groups in total. The molecule has 6 heterocycles. The van der Waals surface area contributed by atoms with Crippen LogP contribution in [0.5, 0.6) is 0 Å². The largest absolute Gasteiger partial charge is 0.378 e. The van der Waals surface area contributed by atoms with Gasteiger partial charge in [0, 0.05) is 79.5 Å². The van der Waals surface area contributed by atoms with Crippen molar-refractivity contribution in [3.8, 4) is 34.2 Å². The number of nitrogens with one attached hydrogen (secondary N) is 3. The second-order valence-corrected chi connectivity index (χ2v) is 25.9. The summed E-state index contributed by atoms with van der Waals surface area (Å²) in [5.41, 5.74) is 8.10. The summed E-state index contributed by atoms with van der Waals surface area (Å²) in [5.74, 6) is 1.40. The van der Waals surface area contributed by atoms with Crippen LogP contribution in [0.3, 0.4) is 0 Å². The Balaban J connectivity index is 0.000000255. The average Bonchev–Trinajstić information content (AvgIpc) is 1.57. The number of alkyl halides is 2. The van der Waals surface area contributed by atoms with E-state index in [4.69, 9.17) is 0 Å². The molecule has 24 heteroatoms. The molecule has 2 unspecified atom stereocenters. The fraction of sp³-hybridized carbons (Fsp3) is 0.197. The fourth-order valence-corrected chi connectivity index (χ4v) is 13.4. The second kappa shape index (κ2) is 36.6. The lowest BCUT2D eigenvalue weighted by Gasteiger charge is -2.21. The lowest BCUT2D eigenvalue weighted by molar-refractivity contribution is -0.115. The van der Waals surface area contributed by atoms with Gasteiger partial charge in [-0.1, -0.05) is 190 Å². The summed E-state index contributed by atoms with van der Waals surface area (Å²) in [7, 11) is 4.05. The number of benzene rings is 6. The number of carbonyl (C=O) groups excluding carboxylic acids is 3. The van der Waals surface area contributed by atoms with Crippen LogP contribution >= 0.6 is 69.3 Å². The van der Waals surface area contributed by atoms with Crippen LogP contribution in [0.4, 0.5) is 31.5 Å². The van der Waals surface area contributed by atoms with Gasteiger partial charge in [-0.15, -0.1) is 30.6 Å². The zero-order chi connectivity index (χ0) is 67.5. The Labute approximate surface area is 582 Å². The van der Waals surface area contributed by atoms with Crippen molar-refractivity contribution in [3.63, 3.8) is 0 Å².